The van der Waals surface area contributed by atoms with Crippen LogP contribution in [0.25, 0.3) is 0 Å². The van der Waals surface area contributed by atoms with E-state index < -0.39 is 0 Å². The van der Waals surface area contributed by atoms with Crippen molar-refractivity contribution in [2.24, 2.45) is 0 Å². The lowest BCUT2D eigenvalue weighted by Gasteiger charge is -2.20. The lowest BCUT2D eigenvalue weighted by atomic mass is 10.2. The van der Waals surface area contributed by atoms with Crippen molar-refractivity contribution < 1.29 is 14.3 Å². The van der Waals surface area contributed by atoms with Gasteiger partial charge in [-0.15, -0.1) is 0 Å². The fourth-order valence-corrected chi connectivity index (χ4v) is 2.09. The fourth-order valence-electron chi connectivity index (χ4n) is 2.09. The number of urea groups is 1. The average Bonchev–Trinajstić information content (AvgIpc) is 2.88. The Morgan fingerprint density at radius 2 is 2.31 bits per heavy atom. The van der Waals surface area contributed by atoms with Gasteiger partial charge in [0.25, 0.3) is 0 Å². The molecule has 2 unspecified atom stereocenters. The van der Waals surface area contributed by atoms with Gasteiger partial charge in [0.2, 0.25) is 0 Å². The van der Waals surface area contributed by atoms with Crippen molar-refractivity contribution in [2.75, 3.05) is 33.4 Å². The third kappa shape index (κ3) is 2.84. The average molecular weight is 229 g/mol. The molecule has 0 saturated carbocycles. The molecule has 2 rings (SSSR count). The summed E-state index contributed by atoms with van der Waals surface area (Å²) in [5.74, 6) is 0. The molecule has 6 heteroatoms. The Kier molecular flexibility index (Phi) is 3.98. The summed E-state index contributed by atoms with van der Waals surface area (Å²) in [4.78, 5) is 11.7. The molecule has 2 heterocycles. The van der Waals surface area contributed by atoms with Gasteiger partial charge in [0.15, 0.2) is 0 Å². The van der Waals surface area contributed by atoms with E-state index in [4.69, 9.17) is 9.47 Å². The van der Waals surface area contributed by atoms with Gasteiger partial charge in [0.1, 0.15) is 0 Å². The van der Waals surface area contributed by atoms with Gasteiger partial charge in [-0.2, -0.15) is 0 Å². The van der Waals surface area contributed by atoms with Crippen LogP contribution >= 0.6 is 0 Å². The molecular formula is C10H19N3O3. The van der Waals surface area contributed by atoms with E-state index in [0.29, 0.717) is 6.61 Å². The number of rotatable bonds is 3. The van der Waals surface area contributed by atoms with Gasteiger partial charge >= 0.3 is 6.03 Å². The van der Waals surface area contributed by atoms with E-state index in [-0.39, 0.29) is 24.2 Å². The number of carbonyl (C=O) groups excluding carboxylic acids is 1. The quantitative estimate of drug-likeness (QED) is 0.584. The first-order chi connectivity index (χ1) is 7.79. The number of methoxy groups -OCH3 is 1. The zero-order valence-corrected chi connectivity index (χ0v) is 9.49. The maximum atomic E-state index is 11.7. The van der Waals surface area contributed by atoms with Crippen LogP contribution in [-0.4, -0.2) is 57.6 Å². The van der Waals surface area contributed by atoms with Crippen LogP contribution < -0.4 is 16.0 Å². The molecule has 0 aliphatic carbocycles. The van der Waals surface area contributed by atoms with Gasteiger partial charge in [-0.3, -0.25) is 0 Å². The number of hydrogen-bond acceptors (Lipinski definition) is 4. The summed E-state index contributed by atoms with van der Waals surface area (Å²) in [6.45, 7) is 2.89. The van der Waals surface area contributed by atoms with E-state index in [1.54, 1.807) is 7.11 Å². The minimum atomic E-state index is -0.133. The molecule has 0 aromatic carbocycles. The Morgan fingerprint density at radius 1 is 1.44 bits per heavy atom. The minimum Gasteiger partial charge on any atom is -0.379 e. The molecule has 3 N–H and O–H groups in total. The van der Waals surface area contributed by atoms with Gasteiger partial charge in [0.05, 0.1) is 24.8 Å². The summed E-state index contributed by atoms with van der Waals surface area (Å²) in [6, 6.07) is 0.0638. The molecule has 2 fully saturated rings. The summed E-state index contributed by atoms with van der Waals surface area (Å²) in [5, 5.41) is 8.99. The summed E-state index contributed by atoms with van der Waals surface area (Å²) in [6.07, 6.45) is 0.954. The molecular weight excluding hydrogens is 210 g/mol. The van der Waals surface area contributed by atoms with Gasteiger partial charge in [-0.05, 0) is 6.42 Å². The van der Waals surface area contributed by atoms with E-state index in [1.807, 2.05) is 0 Å². The molecule has 16 heavy (non-hydrogen) atoms. The highest BCUT2D eigenvalue weighted by molar-refractivity contribution is 5.74. The number of hydrogen-bond donors (Lipinski definition) is 3. The highest BCUT2D eigenvalue weighted by Gasteiger charge is 2.29. The van der Waals surface area contributed by atoms with Crippen molar-refractivity contribution >= 4 is 6.03 Å². The maximum absolute atomic E-state index is 11.7. The molecule has 0 radical (unpaired) electrons. The van der Waals surface area contributed by atoms with Crippen LogP contribution in [0.4, 0.5) is 4.79 Å². The predicted octanol–water partition coefficient (Wildman–Crippen LogP) is -0.939. The summed E-state index contributed by atoms with van der Waals surface area (Å²) in [5.41, 5.74) is 0. The fraction of sp³-hybridized carbons (Fsp3) is 0.900. The van der Waals surface area contributed by atoms with Crippen molar-refractivity contribution in [2.45, 2.75) is 24.6 Å². The molecule has 2 saturated heterocycles. The van der Waals surface area contributed by atoms with Crippen LogP contribution in [0, 0.1) is 0 Å². The number of ether oxygens (including phenoxy) is 2. The molecule has 2 amide bonds. The van der Waals surface area contributed by atoms with E-state index in [1.165, 1.54) is 0 Å². The Balaban J connectivity index is 1.73. The van der Waals surface area contributed by atoms with Crippen LogP contribution in [0.15, 0.2) is 0 Å². The van der Waals surface area contributed by atoms with E-state index in [9.17, 15) is 4.79 Å². The van der Waals surface area contributed by atoms with Crippen molar-refractivity contribution in [1.29, 1.82) is 0 Å². The molecule has 0 bridgehead atoms. The second-order valence-electron chi connectivity index (χ2n) is 4.22. The zero-order chi connectivity index (χ0) is 11.4. The second kappa shape index (κ2) is 5.47. The van der Waals surface area contributed by atoms with Crippen LogP contribution in [0.3, 0.4) is 0 Å². The lowest BCUT2D eigenvalue weighted by molar-refractivity contribution is 0.0981. The summed E-state index contributed by atoms with van der Waals surface area (Å²) in [7, 11) is 1.66. The van der Waals surface area contributed by atoms with Gasteiger partial charge in [-0.1, -0.05) is 0 Å². The number of nitrogens with one attached hydrogen (secondary N) is 3. The van der Waals surface area contributed by atoms with Gasteiger partial charge < -0.3 is 25.4 Å². The topological polar surface area (TPSA) is 71.6 Å². The highest BCUT2D eigenvalue weighted by atomic mass is 16.5. The van der Waals surface area contributed by atoms with Crippen LogP contribution in [0.5, 0.6) is 0 Å². The van der Waals surface area contributed by atoms with Crippen LogP contribution in [0.1, 0.15) is 6.42 Å². The maximum Gasteiger partial charge on any atom is 0.315 e. The molecule has 2 aliphatic heterocycles. The van der Waals surface area contributed by atoms with Crippen LogP contribution in [0.2, 0.25) is 0 Å². The van der Waals surface area contributed by atoms with Crippen LogP contribution in [-0.2, 0) is 9.47 Å². The van der Waals surface area contributed by atoms with Crippen molar-refractivity contribution in [1.82, 2.24) is 16.0 Å². The molecule has 6 nitrogen and oxygen atoms in total. The largest absolute Gasteiger partial charge is 0.379 e. The molecule has 0 spiro atoms. The smallest absolute Gasteiger partial charge is 0.315 e. The molecule has 3 atom stereocenters. The predicted molar refractivity (Wildman–Crippen MR) is 58.3 cm³/mol. The lowest BCUT2D eigenvalue weighted by Crippen LogP contribution is -2.50. The monoisotopic (exact) mass is 229 g/mol. The second-order valence-corrected chi connectivity index (χ2v) is 4.22. The Labute approximate surface area is 95.1 Å². The Bertz CT molecular complexity index is 243. The number of carbonyl (C=O) groups is 1. The van der Waals surface area contributed by atoms with E-state index in [2.05, 4.69) is 16.0 Å². The Morgan fingerprint density at radius 3 is 3.00 bits per heavy atom. The molecule has 0 aromatic rings. The molecule has 2 aliphatic rings. The number of amides is 2. The molecule has 92 valence electrons. The van der Waals surface area contributed by atoms with E-state index in [0.717, 1.165) is 26.1 Å². The van der Waals surface area contributed by atoms with Crippen molar-refractivity contribution in [3.05, 3.63) is 0 Å². The van der Waals surface area contributed by atoms with E-state index >= 15 is 0 Å². The standard InChI is InChI=1S/C10H19N3O3/c1-15-9-5-11-4-8(9)13-10(14)12-7-2-3-16-6-7/h7-9,11H,2-6H2,1H3,(H2,12,13,14)/t7?,8?,9-/m0/s1. The Hall–Kier alpha value is -0.850. The first kappa shape index (κ1) is 11.6. The van der Waals surface area contributed by atoms with Gasteiger partial charge in [0, 0.05) is 26.8 Å². The van der Waals surface area contributed by atoms with Crippen molar-refractivity contribution in [3.63, 3.8) is 0 Å². The first-order valence-corrected chi connectivity index (χ1v) is 5.68. The first-order valence-electron chi connectivity index (χ1n) is 5.68. The summed E-state index contributed by atoms with van der Waals surface area (Å²) < 4.78 is 10.5. The highest BCUT2D eigenvalue weighted by Crippen LogP contribution is 2.05. The SMILES string of the molecule is CO[C@H]1CNCC1NC(=O)NC1CCOC1. The van der Waals surface area contributed by atoms with Crippen molar-refractivity contribution in [3.8, 4) is 0 Å². The zero-order valence-electron chi connectivity index (χ0n) is 9.49. The minimum absolute atomic E-state index is 0.0484. The van der Waals surface area contributed by atoms with Gasteiger partial charge in [-0.25, -0.2) is 4.79 Å². The summed E-state index contributed by atoms with van der Waals surface area (Å²) >= 11 is 0. The normalized spacial score (nSPS) is 33.9. The third-order valence-corrected chi connectivity index (χ3v) is 3.04. The third-order valence-electron chi connectivity index (χ3n) is 3.04. The molecule has 0 aromatic heterocycles.